The quantitative estimate of drug-likeness (QED) is 0.101. The van der Waals surface area contributed by atoms with Crippen molar-refractivity contribution in [3.8, 4) is 41.8 Å². The number of fused-ring (bicyclic) bond motifs is 6. The van der Waals surface area contributed by atoms with Gasteiger partial charge in [-0.1, -0.05) is 165 Å². The Hall–Kier alpha value is -7.52. The van der Waals surface area contributed by atoms with Gasteiger partial charge in [-0.05, 0) is 140 Å². The van der Waals surface area contributed by atoms with Crippen molar-refractivity contribution in [1.29, 1.82) is 0 Å². The summed E-state index contributed by atoms with van der Waals surface area (Å²) in [5, 5.41) is 7.39. The maximum atomic E-state index is 18.4. The maximum Gasteiger partial charge on any atom is 0.341 e. The Morgan fingerprint density at radius 3 is 0.988 bits per heavy atom. The van der Waals surface area contributed by atoms with Crippen LogP contribution in [0.1, 0.15) is 107 Å². The highest BCUT2D eigenvalue weighted by atomic mass is 79.9. The molecular formula is C71H55BrF4O4S4. The first-order chi connectivity index (χ1) is 40.6. The normalized spacial score (nSPS) is 12.9. The number of benzene rings is 7. The Labute approximate surface area is 510 Å². The van der Waals surface area contributed by atoms with Gasteiger partial charge in [0, 0.05) is 57.4 Å². The van der Waals surface area contributed by atoms with Gasteiger partial charge in [0.15, 0.2) is 0 Å². The third-order valence-corrected chi connectivity index (χ3v) is 19.7. The molecule has 84 heavy (non-hydrogen) atoms. The van der Waals surface area contributed by atoms with E-state index in [2.05, 4.69) is 172 Å². The third-order valence-electron chi connectivity index (χ3n) is 15.5. The summed E-state index contributed by atoms with van der Waals surface area (Å²) in [7, 11) is 0. The van der Waals surface area contributed by atoms with E-state index in [1.165, 1.54) is 28.2 Å². The summed E-state index contributed by atoms with van der Waals surface area (Å²) in [5.41, 5.74) is 9.25. The minimum Gasteiger partial charge on any atom is -0.462 e. The largest absolute Gasteiger partial charge is 0.462 e. The van der Waals surface area contributed by atoms with Gasteiger partial charge < -0.3 is 9.47 Å². The van der Waals surface area contributed by atoms with Gasteiger partial charge >= 0.3 is 11.9 Å². The van der Waals surface area contributed by atoms with Crippen LogP contribution in [0.4, 0.5) is 17.6 Å². The minimum atomic E-state index is -1.03. The van der Waals surface area contributed by atoms with E-state index in [0.29, 0.717) is 32.0 Å². The lowest BCUT2D eigenvalue weighted by Crippen LogP contribution is -2.32. The lowest BCUT2D eigenvalue weighted by Gasteiger charge is -2.36. The summed E-state index contributed by atoms with van der Waals surface area (Å²) in [6.07, 6.45) is 0. The van der Waals surface area contributed by atoms with Crippen LogP contribution < -0.4 is 0 Å². The van der Waals surface area contributed by atoms with Gasteiger partial charge in [-0.25, -0.2) is 27.2 Å². The summed E-state index contributed by atoms with van der Waals surface area (Å²) >= 11 is 8.59. The SMILES string of the molecule is CCOC(=O)c1c(F)c(-c2cccs2)c(C(=O)OCC)c(F)c1-c1cccs1.Cc1ccc(Br)cc1.Cc1ccc(C2(c3ccc(C)cc3)c3ccsc3-c3c(F)c4c(c(F)c32)-c2sccc2C4(c2ccc(C)cc2)c2ccc(C)cc2)cc1. The number of hydrogen-bond donors (Lipinski definition) is 0. The third kappa shape index (κ3) is 9.81. The topological polar surface area (TPSA) is 52.6 Å². The van der Waals surface area contributed by atoms with Gasteiger partial charge in [-0.2, -0.15) is 0 Å². The highest BCUT2D eigenvalue weighted by Gasteiger charge is 2.57. The number of carbonyl (C=O) groups is 2. The molecule has 0 unspecified atom stereocenters. The van der Waals surface area contributed by atoms with E-state index in [4.69, 9.17) is 9.47 Å². The standard InChI is InChI=1S/C44H32F2S2.C20H16F2O4S2.C7H7Br/c1-25-5-13-29(14-6-25)43(30-15-7-26(2)8-16-30)33-21-23-47-41(33)35-37(43)39(45)36-38(40(35)46)44(34-22-24-48-42(34)36,31-17-9-27(3)10-18-31)32-19-11-28(4)12-20-32;1-3-25-19(23)15-13(11-7-5-9-27-11)18(22)16(20(24)26-4-2)14(17(15)21)12-8-6-10-28-12;1-6-2-4-7(8)5-3-6/h5-24H,1-4H3;5-10H,3-4H2,1-2H3;2-5H,1H3. The Kier molecular flexibility index (Phi) is 16.5. The average molecular weight is 1260 g/mol. The van der Waals surface area contributed by atoms with Crippen LogP contribution in [-0.4, -0.2) is 25.2 Å². The maximum absolute atomic E-state index is 18.4. The number of ether oxygens (including phenoxy) is 2. The van der Waals surface area contributed by atoms with Crippen molar-refractivity contribution in [2.75, 3.05) is 13.2 Å². The van der Waals surface area contributed by atoms with Crippen molar-refractivity contribution in [3.05, 3.63) is 290 Å². The molecule has 2 aliphatic carbocycles. The zero-order valence-electron chi connectivity index (χ0n) is 46.9. The second-order valence-corrected chi connectivity index (χ2v) is 25.4. The summed E-state index contributed by atoms with van der Waals surface area (Å²) in [5.74, 6) is -4.67. The van der Waals surface area contributed by atoms with Crippen LogP contribution in [0.3, 0.4) is 0 Å². The van der Waals surface area contributed by atoms with Gasteiger partial charge in [0.1, 0.15) is 34.4 Å². The molecule has 4 nitrogen and oxygen atoms in total. The number of thiophene rings is 4. The first-order valence-electron chi connectivity index (χ1n) is 27.3. The molecule has 0 bridgehead atoms. The zero-order chi connectivity index (χ0) is 59.2. The smallest absolute Gasteiger partial charge is 0.341 e. The minimum absolute atomic E-state index is 0.00225. The molecule has 0 N–H and O–H groups in total. The first kappa shape index (κ1) is 58.3. The molecule has 0 amide bonds. The Balaban J connectivity index is 0.000000172. The molecule has 0 aliphatic heterocycles. The van der Waals surface area contributed by atoms with Gasteiger partial charge in [-0.3, -0.25) is 0 Å². The van der Waals surface area contributed by atoms with E-state index in [1.54, 1.807) is 48.9 Å². The fourth-order valence-electron chi connectivity index (χ4n) is 11.7. The molecule has 13 rings (SSSR count). The molecule has 11 aromatic rings. The number of esters is 2. The second kappa shape index (κ2) is 23.9. The molecule has 0 atom stereocenters. The lowest BCUT2D eigenvalue weighted by atomic mass is 9.65. The lowest BCUT2D eigenvalue weighted by molar-refractivity contribution is 0.0504. The zero-order valence-corrected chi connectivity index (χ0v) is 51.7. The predicted molar refractivity (Wildman–Crippen MR) is 339 cm³/mol. The van der Waals surface area contributed by atoms with Crippen LogP contribution in [-0.2, 0) is 20.3 Å². The van der Waals surface area contributed by atoms with Crippen LogP contribution in [0.5, 0.6) is 0 Å². The monoisotopic (exact) mass is 1250 g/mol. The van der Waals surface area contributed by atoms with Crippen molar-refractivity contribution >= 4 is 73.2 Å². The van der Waals surface area contributed by atoms with E-state index < -0.39 is 45.5 Å². The average Bonchev–Trinajstić information content (AvgIpc) is 1.59. The number of aryl methyl sites for hydroxylation is 5. The van der Waals surface area contributed by atoms with E-state index in [0.717, 1.165) is 92.5 Å². The molecular weight excluding hydrogens is 1200 g/mol. The molecule has 13 heteroatoms. The molecule has 0 saturated carbocycles. The van der Waals surface area contributed by atoms with E-state index in [-0.39, 0.29) is 36.0 Å². The number of rotatable bonds is 10. The highest BCUT2D eigenvalue weighted by Crippen LogP contribution is 2.66. The first-order valence-corrected chi connectivity index (χ1v) is 31.6. The molecule has 4 aromatic heterocycles. The fourth-order valence-corrected chi connectivity index (χ4v) is 15.5. The highest BCUT2D eigenvalue weighted by molar-refractivity contribution is 9.10. The molecule has 0 spiro atoms. The molecule has 7 aromatic carbocycles. The molecule has 0 radical (unpaired) electrons. The summed E-state index contributed by atoms with van der Waals surface area (Å²) in [4.78, 5) is 27.3. The fraction of sp³-hybridized carbons (Fsp3) is 0.155. The molecule has 0 fully saturated rings. The van der Waals surface area contributed by atoms with E-state index >= 15 is 17.6 Å². The summed E-state index contributed by atoms with van der Waals surface area (Å²) < 4.78 is 79.2. The van der Waals surface area contributed by atoms with Crippen molar-refractivity contribution < 1.29 is 36.6 Å². The van der Waals surface area contributed by atoms with E-state index in [1.807, 2.05) is 22.9 Å². The van der Waals surface area contributed by atoms with Crippen LogP contribution in [0, 0.1) is 57.9 Å². The van der Waals surface area contributed by atoms with Crippen LogP contribution in [0.15, 0.2) is 184 Å². The summed E-state index contributed by atoms with van der Waals surface area (Å²) in [6, 6.07) is 52.1. The predicted octanol–water partition coefficient (Wildman–Crippen LogP) is 20.6. The Morgan fingerprint density at radius 1 is 0.405 bits per heavy atom. The van der Waals surface area contributed by atoms with Gasteiger partial charge in [0.2, 0.25) is 0 Å². The molecule has 0 saturated heterocycles. The summed E-state index contributed by atoms with van der Waals surface area (Å²) in [6.45, 7) is 13.4. The molecule has 4 heterocycles. The van der Waals surface area contributed by atoms with Gasteiger partial charge in [0.05, 0.1) is 24.0 Å². The van der Waals surface area contributed by atoms with Crippen molar-refractivity contribution in [2.24, 2.45) is 0 Å². The number of halogens is 5. The van der Waals surface area contributed by atoms with Gasteiger partial charge in [-0.15, -0.1) is 45.3 Å². The van der Waals surface area contributed by atoms with Gasteiger partial charge in [0.25, 0.3) is 0 Å². The number of hydrogen-bond acceptors (Lipinski definition) is 8. The Morgan fingerprint density at radius 2 is 0.714 bits per heavy atom. The second-order valence-electron chi connectivity index (χ2n) is 20.7. The van der Waals surface area contributed by atoms with Crippen LogP contribution >= 0.6 is 61.3 Å². The molecule has 2 aliphatic rings. The van der Waals surface area contributed by atoms with Crippen molar-refractivity contribution in [3.63, 3.8) is 0 Å². The van der Waals surface area contributed by atoms with E-state index in [9.17, 15) is 9.59 Å². The molecule has 422 valence electrons. The van der Waals surface area contributed by atoms with Crippen LogP contribution in [0.25, 0.3) is 41.8 Å². The van der Waals surface area contributed by atoms with Crippen molar-refractivity contribution in [1.82, 2.24) is 0 Å². The number of carbonyl (C=O) groups excluding carboxylic acids is 2. The van der Waals surface area contributed by atoms with Crippen molar-refractivity contribution in [2.45, 2.75) is 59.3 Å². The Bertz CT molecular complexity index is 3860. The van der Waals surface area contributed by atoms with Crippen LogP contribution in [0.2, 0.25) is 0 Å².